The molecule has 0 spiro atoms. The number of rotatable bonds is 13. The molecule has 0 aliphatic carbocycles. The number of nitrogens with zero attached hydrogens (tertiary/aromatic N) is 2. The average Bonchev–Trinajstić information content (AvgIpc) is 3.99. The van der Waals surface area contributed by atoms with Crippen LogP contribution in [0.15, 0.2) is 84.9 Å². The van der Waals surface area contributed by atoms with Crippen molar-refractivity contribution in [2.45, 2.75) is 98.3 Å². The van der Waals surface area contributed by atoms with Crippen LogP contribution in [-0.4, -0.2) is 145 Å². The van der Waals surface area contributed by atoms with Crippen LogP contribution in [0, 0.1) is 0 Å². The summed E-state index contributed by atoms with van der Waals surface area (Å²) in [6.07, 6.45) is 5.04. The van der Waals surface area contributed by atoms with Crippen molar-refractivity contribution in [2.75, 3.05) is 74.6 Å². The average molecular weight is 1100 g/mol. The Morgan fingerprint density at radius 1 is 0.833 bits per heavy atom. The van der Waals surface area contributed by atoms with Crippen molar-refractivity contribution in [1.29, 1.82) is 0 Å². The van der Waals surface area contributed by atoms with Crippen molar-refractivity contribution >= 4 is 60.4 Å². The lowest BCUT2D eigenvalue weighted by atomic mass is 9.94. The number of alkyl carbamates (subject to hydrolysis) is 1. The molecule has 4 aromatic carbocycles. The summed E-state index contributed by atoms with van der Waals surface area (Å²) in [5.41, 5.74) is 4.66. The van der Waals surface area contributed by atoms with Crippen LogP contribution in [0.3, 0.4) is 0 Å². The van der Waals surface area contributed by atoms with Crippen LogP contribution in [0.4, 0.5) is 4.79 Å². The topological polar surface area (TPSA) is 243 Å². The number of carbonyl (C=O) groups is 8. The monoisotopic (exact) mass is 1100 g/mol. The maximum Gasteiger partial charge on any atom is 0.407 e. The van der Waals surface area contributed by atoms with Gasteiger partial charge in [-0.05, 0) is 138 Å². The summed E-state index contributed by atoms with van der Waals surface area (Å²) in [7, 11) is 8.36. The summed E-state index contributed by atoms with van der Waals surface area (Å²) in [6, 6.07) is 23.9. The normalized spacial score (nSPS) is 14.3. The minimum atomic E-state index is -1.14. The molecule has 19 nitrogen and oxygen atoms in total. The summed E-state index contributed by atoms with van der Waals surface area (Å²) in [4.78, 5) is 95.9. The van der Waals surface area contributed by atoms with Crippen molar-refractivity contribution in [1.82, 2.24) is 41.7 Å². The van der Waals surface area contributed by atoms with Crippen molar-refractivity contribution in [3.05, 3.63) is 107 Å². The highest BCUT2D eigenvalue weighted by Crippen LogP contribution is 2.39. The van der Waals surface area contributed by atoms with Gasteiger partial charge in [0, 0.05) is 54.4 Å². The Morgan fingerprint density at radius 3 is 1.92 bits per heavy atom. The van der Waals surface area contributed by atoms with E-state index in [2.05, 4.69) is 38.8 Å². The van der Waals surface area contributed by atoms with Gasteiger partial charge in [0.05, 0.1) is 33.9 Å². The SMILES string of the molecule is C=O.CC.CCCCNC(=O)OC(C)(C)C.CNC.COc1ccc2cc1-c1cc(ccc1OC)C(N(C)C(=O)CNC(=O)c1ccc(-c3ccc(Cl)cc3)cc1)C(=O)NCC(=O)NC(C)C2.O=CNCC(=O)N1CCCC1. The second-order valence-electron chi connectivity index (χ2n) is 18.4. The number of likely N-dealkylation sites (N-methyl/N-ethyl adjacent to an activating group) is 1. The minimum Gasteiger partial charge on any atom is -0.496 e. The van der Waals surface area contributed by atoms with Gasteiger partial charge in [0.1, 0.15) is 29.9 Å². The third kappa shape index (κ3) is 24.2. The van der Waals surface area contributed by atoms with Crippen LogP contribution >= 0.6 is 11.6 Å². The summed E-state index contributed by atoms with van der Waals surface area (Å²) < 4.78 is 16.4. The summed E-state index contributed by atoms with van der Waals surface area (Å²) in [5.74, 6) is -0.727. The number of methoxy groups -OCH3 is 2. The zero-order valence-corrected chi connectivity index (χ0v) is 48.3. The summed E-state index contributed by atoms with van der Waals surface area (Å²) in [6.45, 7) is 17.4. The zero-order chi connectivity index (χ0) is 58.8. The molecule has 0 aromatic heterocycles. The van der Waals surface area contributed by atoms with Gasteiger partial charge in [-0.25, -0.2) is 4.79 Å². The van der Waals surface area contributed by atoms with Gasteiger partial charge in [-0.15, -0.1) is 0 Å². The minimum absolute atomic E-state index is 0.0228. The molecule has 1 fully saturated rings. The van der Waals surface area contributed by atoms with Crippen LogP contribution in [0.2, 0.25) is 5.02 Å². The number of likely N-dealkylation sites (tertiary alicyclic amines) is 1. The van der Waals surface area contributed by atoms with E-state index in [4.69, 9.17) is 30.6 Å². The van der Waals surface area contributed by atoms with E-state index in [1.165, 1.54) is 11.9 Å². The first kappa shape index (κ1) is 68.5. The number of benzene rings is 4. The highest BCUT2D eigenvalue weighted by molar-refractivity contribution is 6.30. The molecule has 4 bridgehead atoms. The van der Waals surface area contributed by atoms with Crippen molar-refractivity contribution in [2.24, 2.45) is 0 Å². The Kier molecular flexibility index (Phi) is 32.8. The molecule has 6 rings (SSSR count). The fraction of sp³-hybridized carbons (Fsp3) is 0.448. The fourth-order valence-corrected chi connectivity index (χ4v) is 7.74. The number of halogens is 1. The van der Waals surface area contributed by atoms with Gasteiger partial charge in [-0.2, -0.15) is 0 Å². The number of ether oxygens (including phenoxy) is 3. The van der Waals surface area contributed by atoms with Gasteiger partial charge in [-0.1, -0.05) is 75.2 Å². The van der Waals surface area contributed by atoms with Gasteiger partial charge in [-0.3, -0.25) is 28.8 Å². The Balaban J connectivity index is 0.000000826. The molecule has 0 saturated carbocycles. The highest BCUT2D eigenvalue weighted by atomic mass is 35.5. The molecule has 6 N–H and O–H groups in total. The van der Waals surface area contributed by atoms with Gasteiger partial charge in [0.25, 0.3) is 5.91 Å². The smallest absolute Gasteiger partial charge is 0.407 e. The number of hydrogen-bond donors (Lipinski definition) is 6. The van der Waals surface area contributed by atoms with E-state index in [1.807, 2.05) is 105 Å². The standard InChI is InChI=1S/C37H37ClN4O6.C9H19NO2.C7H12N2O2.C2H7N.C2H6.CH2O/c1-22-17-23-5-15-31(47-3)29(18-23)30-19-27(12-16-32(30)48-4)35(37(46)39-20-33(43)41-22)42(2)34(44)21-40-36(45)26-8-6-24(7-9-26)25-10-13-28(38)14-11-25;1-5-6-7-10-8(11)12-9(2,3)4;10-6-8-5-7(11)9-3-1-2-4-9;1-3-2;2*1-2/h5-16,18-19,22,35H,17,20-21H2,1-4H3,(H,39,46)(H,40,45)(H,41,43);5-7H2,1-4H3,(H,10,11);6H,1-5H2,(H,8,10);3H,1-2H3;1-2H3;1H2. The summed E-state index contributed by atoms with van der Waals surface area (Å²) in [5, 5.41) is 16.7. The predicted molar refractivity (Wildman–Crippen MR) is 307 cm³/mol. The molecule has 1 saturated heterocycles. The molecule has 0 radical (unpaired) electrons. The van der Waals surface area contributed by atoms with E-state index < -0.39 is 29.4 Å². The van der Waals surface area contributed by atoms with Gasteiger partial charge in [0.2, 0.25) is 30.0 Å². The molecule has 2 heterocycles. The third-order valence-electron chi connectivity index (χ3n) is 11.2. The first-order chi connectivity index (χ1) is 37.3. The zero-order valence-electron chi connectivity index (χ0n) is 47.6. The lowest BCUT2D eigenvalue weighted by Crippen LogP contribution is -2.48. The molecule has 2 unspecified atom stereocenters. The lowest BCUT2D eigenvalue weighted by molar-refractivity contribution is -0.139. The second kappa shape index (κ2) is 37.3. The molecule has 428 valence electrons. The Morgan fingerprint density at radius 2 is 1.38 bits per heavy atom. The molecular formula is C58H83ClN8O11. The quantitative estimate of drug-likeness (QED) is 0.0578. The van der Waals surface area contributed by atoms with Crippen LogP contribution < -0.4 is 41.4 Å². The van der Waals surface area contributed by atoms with Crippen LogP contribution in [-0.2, 0) is 39.9 Å². The number of amides is 7. The summed E-state index contributed by atoms with van der Waals surface area (Å²) >= 11 is 5.99. The molecule has 20 heteroatoms. The molecule has 2 aliphatic heterocycles. The van der Waals surface area contributed by atoms with E-state index in [0.29, 0.717) is 52.6 Å². The number of fused-ring (bicyclic) bond motifs is 5. The van der Waals surface area contributed by atoms with Crippen molar-refractivity contribution in [3.8, 4) is 33.8 Å². The molecule has 4 aromatic rings. The Bertz CT molecular complexity index is 2480. The van der Waals surface area contributed by atoms with Crippen LogP contribution in [0.25, 0.3) is 22.3 Å². The van der Waals surface area contributed by atoms with E-state index in [1.54, 1.807) is 61.6 Å². The van der Waals surface area contributed by atoms with Crippen molar-refractivity contribution < 1.29 is 52.6 Å². The van der Waals surface area contributed by atoms with Gasteiger partial charge < -0.3 is 60.7 Å². The molecule has 2 aliphatic rings. The van der Waals surface area contributed by atoms with Crippen LogP contribution in [0.5, 0.6) is 11.5 Å². The highest BCUT2D eigenvalue weighted by Gasteiger charge is 2.31. The molecule has 2 atom stereocenters. The molecule has 7 amide bonds. The Hall–Kier alpha value is -7.51. The predicted octanol–water partition coefficient (Wildman–Crippen LogP) is 7.14. The van der Waals surface area contributed by atoms with E-state index >= 15 is 0 Å². The fourth-order valence-electron chi connectivity index (χ4n) is 7.62. The number of hydrogen-bond acceptors (Lipinski definition) is 12. The number of unbranched alkanes of at least 4 members (excludes halogenated alkanes) is 1. The first-order valence-corrected chi connectivity index (χ1v) is 26.3. The third-order valence-corrected chi connectivity index (χ3v) is 11.5. The maximum absolute atomic E-state index is 13.7. The van der Waals surface area contributed by atoms with Gasteiger partial charge >= 0.3 is 6.09 Å². The van der Waals surface area contributed by atoms with Gasteiger partial charge in [0.15, 0.2) is 0 Å². The lowest BCUT2D eigenvalue weighted by Gasteiger charge is -2.29. The maximum atomic E-state index is 13.7. The van der Waals surface area contributed by atoms with E-state index in [9.17, 15) is 33.6 Å². The largest absolute Gasteiger partial charge is 0.496 e. The van der Waals surface area contributed by atoms with E-state index in [-0.39, 0.29) is 43.6 Å². The number of nitrogens with one attached hydrogen (secondary N) is 6. The first-order valence-electron chi connectivity index (χ1n) is 25.9. The van der Waals surface area contributed by atoms with E-state index in [0.717, 1.165) is 61.0 Å². The second-order valence-corrected chi connectivity index (χ2v) is 18.9. The Labute approximate surface area is 466 Å². The van der Waals surface area contributed by atoms with Crippen LogP contribution in [0.1, 0.15) is 102 Å². The molecule has 78 heavy (non-hydrogen) atoms. The number of carbonyl (C=O) groups excluding carboxylic acids is 8. The molecular weight excluding hydrogens is 1020 g/mol. The van der Waals surface area contributed by atoms with Crippen molar-refractivity contribution in [3.63, 3.8) is 0 Å².